The third-order valence-corrected chi connectivity index (χ3v) is 7.80. The molecule has 3 rings (SSSR count). The zero-order valence-electron chi connectivity index (χ0n) is 18.0. The van der Waals surface area contributed by atoms with E-state index in [1.54, 1.807) is 38.1 Å². The van der Waals surface area contributed by atoms with Crippen LogP contribution < -0.4 is 15.4 Å². The first-order valence-electron chi connectivity index (χ1n) is 10.1. The molecule has 1 aliphatic heterocycles. The van der Waals surface area contributed by atoms with Crippen molar-refractivity contribution < 1.29 is 16.8 Å². The van der Waals surface area contributed by atoms with E-state index in [-0.39, 0.29) is 21.7 Å². The fourth-order valence-electron chi connectivity index (χ4n) is 3.23. The molecule has 2 aromatic rings. The molecule has 1 saturated heterocycles. The normalized spacial score (nSPS) is 15.4. The van der Waals surface area contributed by atoms with Crippen molar-refractivity contribution >= 4 is 31.4 Å². The Balaban J connectivity index is 1.55. The highest BCUT2D eigenvalue weighted by atomic mass is 32.2. The van der Waals surface area contributed by atoms with Gasteiger partial charge in [0.15, 0.2) is 0 Å². The van der Waals surface area contributed by atoms with Gasteiger partial charge in [0.05, 0.1) is 16.3 Å². The minimum absolute atomic E-state index is 0.0260. The third kappa shape index (κ3) is 6.20. The topological polar surface area (TPSA) is 126 Å². The molecule has 3 N–H and O–H groups in total. The van der Waals surface area contributed by atoms with Gasteiger partial charge >= 0.3 is 0 Å². The van der Waals surface area contributed by atoms with Crippen LogP contribution >= 0.6 is 0 Å². The van der Waals surface area contributed by atoms with Crippen LogP contribution in [0.3, 0.4) is 0 Å². The van der Waals surface area contributed by atoms with Gasteiger partial charge in [-0.2, -0.15) is 0 Å². The average molecular weight is 478 g/mol. The van der Waals surface area contributed by atoms with Gasteiger partial charge in [0, 0.05) is 49.4 Å². The van der Waals surface area contributed by atoms with Crippen molar-refractivity contribution in [3.05, 3.63) is 42.6 Å². The van der Waals surface area contributed by atoms with Crippen LogP contribution in [-0.4, -0.2) is 65.5 Å². The van der Waals surface area contributed by atoms with Gasteiger partial charge in [0.25, 0.3) is 0 Å². The number of aromatic nitrogens is 1. The van der Waals surface area contributed by atoms with Gasteiger partial charge in [-0.05, 0) is 50.2 Å². The van der Waals surface area contributed by atoms with E-state index in [4.69, 9.17) is 5.73 Å². The number of rotatable bonds is 6. The van der Waals surface area contributed by atoms with Crippen molar-refractivity contribution in [1.82, 2.24) is 14.6 Å². The number of sulfone groups is 1. The van der Waals surface area contributed by atoms with Crippen molar-refractivity contribution in [3.8, 4) is 11.2 Å². The Bertz CT molecular complexity index is 1190. The SMILES string of the molecule is CC(C)NS(=O)(=O)c1ccc(N2CCN(CC#CS(=O)(=O)c3ccc(N)nc3)CC2)cc1. The predicted octanol–water partition coefficient (Wildman–Crippen LogP) is 0.907. The maximum absolute atomic E-state index is 12.3. The molecule has 172 valence electrons. The zero-order chi connectivity index (χ0) is 23.4. The molecule has 0 spiro atoms. The van der Waals surface area contributed by atoms with Gasteiger partial charge in [-0.3, -0.25) is 4.90 Å². The molecule has 1 fully saturated rings. The molecule has 0 aliphatic carbocycles. The molecule has 0 radical (unpaired) electrons. The molecule has 0 amide bonds. The Hall–Kier alpha value is -2.65. The quantitative estimate of drug-likeness (QED) is 0.464. The Morgan fingerprint density at radius 2 is 1.62 bits per heavy atom. The molecule has 0 bridgehead atoms. The molecular weight excluding hydrogens is 450 g/mol. The van der Waals surface area contributed by atoms with Crippen LogP contribution in [0.4, 0.5) is 11.5 Å². The minimum Gasteiger partial charge on any atom is -0.384 e. The van der Waals surface area contributed by atoms with Crippen LogP contribution in [0, 0.1) is 11.2 Å². The van der Waals surface area contributed by atoms with Crippen molar-refractivity contribution in [1.29, 1.82) is 0 Å². The van der Waals surface area contributed by atoms with Gasteiger partial charge in [0.1, 0.15) is 5.82 Å². The molecule has 32 heavy (non-hydrogen) atoms. The van der Waals surface area contributed by atoms with Crippen molar-refractivity contribution in [2.24, 2.45) is 0 Å². The molecule has 0 saturated carbocycles. The molecule has 1 aromatic carbocycles. The minimum atomic E-state index is -3.73. The first-order chi connectivity index (χ1) is 15.1. The summed E-state index contributed by atoms with van der Waals surface area (Å²) in [6, 6.07) is 9.46. The van der Waals surface area contributed by atoms with Crippen LogP contribution in [0.25, 0.3) is 0 Å². The van der Waals surface area contributed by atoms with Gasteiger partial charge in [-0.25, -0.2) is 26.5 Å². The van der Waals surface area contributed by atoms with E-state index in [1.807, 2.05) is 0 Å². The Labute approximate surface area is 189 Å². The number of pyridine rings is 1. The van der Waals surface area contributed by atoms with E-state index in [2.05, 4.69) is 30.7 Å². The highest BCUT2D eigenvalue weighted by Crippen LogP contribution is 2.20. The molecule has 0 unspecified atom stereocenters. The third-order valence-electron chi connectivity index (χ3n) is 4.85. The molecule has 0 atom stereocenters. The summed E-state index contributed by atoms with van der Waals surface area (Å²) in [7, 11) is -7.24. The lowest BCUT2D eigenvalue weighted by Crippen LogP contribution is -2.46. The number of nitrogen functional groups attached to an aromatic ring is 1. The summed E-state index contributed by atoms with van der Waals surface area (Å²) >= 11 is 0. The maximum atomic E-state index is 12.3. The maximum Gasteiger partial charge on any atom is 0.246 e. The summed E-state index contributed by atoms with van der Waals surface area (Å²) in [5.74, 6) is 2.99. The first kappa shape index (κ1) is 24.0. The van der Waals surface area contributed by atoms with Gasteiger partial charge < -0.3 is 10.6 Å². The zero-order valence-corrected chi connectivity index (χ0v) is 19.7. The number of sulfonamides is 1. The van der Waals surface area contributed by atoms with E-state index < -0.39 is 19.9 Å². The van der Waals surface area contributed by atoms with Crippen LogP contribution in [-0.2, 0) is 19.9 Å². The van der Waals surface area contributed by atoms with Crippen molar-refractivity contribution in [2.45, 2.75) is 29.7 Å². The Morgan fingerprint density at radius 3 is 2.19 bits per heavy atom. The molecule has 1 aromatic heterocycles. The number of hydrogen-bond donors (Lipinski definition) is 2. The fraction of sp³-hybridized carbons (Fsp3) is 0.381. The number of anilines is 2. The average Bonchev–Trinajstić information content (AvgIpc) is 2.74. The highest BCUT2D eigenvalue weighted by molar-refractivity contribution is 7.96. The number of nitrogens with two attached hydrogens (primary N) is 1. The van der Waals surface area contributed by atoms with E-state index in [1.165, 1.54) is 18.3 Å². The van der Waals surface area contributed by atoms with Gasteiger partial charge in [0.2, 0.25) is 19.9 Å². The van der Waals surface area contributed by atoms with E-state index in [9.17, 15) is 16.8 Å². The second kappa shape index (κ2) is 9.87. The molecule has 2 heterocycles. The number of nitrogens with one attached hydrogen (secondary N) is 1. The van der Waals surface area contributed by atoms with E-state index in [0.717, 1.165) is 18.8 Å². The summed E-state index contributed by atoms with van der Waals surface area (Å²) in [6.07, 6.45) is 1.20. The highest BCUT2D eigenvalue weighted by Gasteiger charge is 2.19. The number of hydrogen-bond acceptors (Lipinski definition) is 8. The largest absolute Gasteiger partial charge is 0.384 e. The van der Waals surface area contributed by atoms with E-state index in [0.29, 0.717) is 19.6 Å². The Morgan fingerprint density at radius 1 is 1.00 bits per heavy atom. The molecular formula is C21H27N5O4S2. The second-order valence-electron chi connectivity index (χ2n) is 7.73. The summed E-state index contributed by atoms with van der Waals surface area (Å²) in [5, 5.41) is 2.34. The van der Waals surface area contributed by atoms with E-state index >= 15 is 0 Å². The van der Waals surface area contributed by atoms with Crippen molar-refractivity contribution in [3.63, 3.8) is 0 Å². The Kier molecular flexibility index (Phi) is 7.40. The fourth-order valence-corrected chi connectivity index (χ4v) is 5.29. The van der Waals surface area contributed by atoms with Gasteiger partial charge in [-0.15, -0.1) is 0 Å². The standard InChI is InChI=1S/C21H27N5O4S2/c1-17(2)24-32(29,30)19-6-4-18(5-7-19)26-13-11-25(12-14-26)10-3-15-31(27,28)20-8-9-21(22)23-16-20/h4-9,16-17,24H,10-14H2,1-2H3,(H2,22,23). The second-order valence-corrected chi connectivity index (χ2v) is 11.1. The summed E-state index contributed by atoms with van der Waals surface area (Å²) in [6.45, 7) is 6.79. The van der Waals surface area contributed by atoms with Crippen molar-refractivity contribution in [2.75, 3.05) is 43.4 Å². The lowest BCUT2D eigenvalue weighted by molar-refractivity contribution is 0.288. The van der Waals surface area contributed by atoms with Crippen LogP contribution in [0.2, 0.25) is 0 Å². The molecule has 1 aliphatic rings. The van der Waals surface area contributed by atoms with Crippen LogP contribution in [0.1, 0.15) is 13.8 Å². The molecule has 9 nitrogen and oxygen atoms in total. The molecule has 11 heteroatoms. The number of nitrogens with zero attached hydrogens (tertiary/aromatic N) is 3. The number of piperazine rings is 1. The van der Waals surface area contributed by atoms with Crippen LogP contribution in [0.5, 0.6) is 0 Å². The predicted molar refractivity (Wildman–Crippen MR) is 124 cm³/mol. The number of benzene rings is 1. The van der Waals surface area contributed by atoms with Gasteiger partial charge in [-0.1, -0.05) is 5.92 Å². The lowest BCUT2D eigenvalue weighted by Gasteiger charge is -2.35. The summed E-state index contributed by atoms with van der Waals surface area (Å²) in [5.41, 5.74) is 6.42. The smallest absolute Gasteiger partial charge is 0.246 e. The monoisotopic (exact) mass is 477 g/mol. The lowest BCUT2D eigenvalue weighted by atomic mass is 10.2. The van der Waals surface area contributed by atoms with Crippen LogP contribution in [0.15, 0.2) is 52.4 Å². The summed E-state index contributed by atoms with van der Waals surface area (Å²) < 4.78 is 51.6. The first-order valence-corrected chi connectivity index (χ1v) is 13.1. The summed E-state index contributed by atoms with van der Waals surface area (Å²) in [4.78, 5) is 8.29.